The Morgan fingerprint density at radius 1 is 0.915 bits per heavy atom. The molecule has 9 nitrogen and oxygen atoms in total. The lowest BCUT2D eigenvalue weighted by Gasteiger charge is -2.64. The highest BCUT2D eigenvalue weighted by Crippen LogP contribution is 2.89. The maximum absolute atomic E-state index is 14.2. The zero-order valence-electron chi connectivity index (χ0n) is 29.7. The fourth-order valence-electron chi connectivity index (χ4n) is 13.7. The van der Waals surface area contributed by atoms with Crippen LogP contribution in [-0.4, -0.2) is 99.2 Å². The molecule has 270 valence electrons. The summed E-state index contributed by atoms with van der Waals surface area (Å²) in [6, 6.07) is 0. The number of hydrogen-bond acceptors (Lipinski definition) is 9. The van der Waals surface area contributed by atoms with Crippen molar-refractivity contribution in [2.75, 3.05) is 6.61 Å². The van der Waals surface area contributed by atoms with E-state index in [4.69, 9.17) is 18.9 Å². The van der Waals surface area contributed by atoms with Gasteiger partial charge in [0.1, 0.15) is 24.4 Å². The Morgan fingerprint density at radius 3 is 2.23 bits per heavy atom. The summed E-state index contributed by atoms with van der Waals surface area (Å²) < 4.78 is 38.7. The molecule has 0 radical (unpaired) electrons. The molecule has 2 saturated heterocycles. The quantitative estimate of drug-likeness (QED) is 0.265. The molecule has 18 unspecified atom stereocenters. The smallest absolute Gasteiger partial charge is 0.196 e. The maximum atomic E-state index is 14.2. The van der Waals surface area contributed by atoms with Crippen LogP contribution in [-0.2, 0) is 18.9 Å². The Hall–Kier alpha value is -0.430. The van der Waals surface area contributed by atoms with Gasteiger partial charge in [-0.1, -0.05) is 34.6 Å². The van der Waals surface area contributed by atoms with Crippen molar-refractivity contribution in [1.29, 1.82) is 0 Å². The summed E-state index contributed by atoms with van der Waals surface area (Å²) in [6.45, 7) is 16.1. The SMILES string of the molecule is CC(F)OC(C1CC(C)C2C(O1)C(O)C1(C)C3CCC4C(C)(C)C(OC5OCC(O)C(O)C5O)CCC45CC35CCC21C)C(C)(C)O. The fraction of sp³-hybridized carbons (Fsp3) is 1.00. The molecule has 0 amide bonds. The average molecular weight is 669 g/mol. The molecule has 5 aliphatic carbocycles. The van der Waals surface area contributed by atoms with E-state index in [-0.39, 0.29) is 51.6 Å². The van der Waals surface area contributed by atoms with Gasteiger partial charge in [0.25, 0.3) is 0 Å². The number of halogens is 1. The van der Waals surface area contributed by atoms with Crippen molar-refractivity contribution in [2.45, 2.75) is 174 Å². The van der Waals surface area contributed by atoms with Crippen molar-refractivity contribution in [2.24, 2.45) is 50.7 Å². The molecule has 18 atom stereocenters. The lowest BCUT2D eigenvalue weighted by atomic mass is 9.41. The van der Waals surface area contributed by atoms with Gasteiger partial charge in [-0.15, -0.1) is 0 Å². The van der Waals surface area contributed by atoms with Gasteiger partial charge in [0, 0.05) is 5.41 Å². The van der Waals surface area contributed by atoms with E-state index in [1.165, 1.54) is 6.92 Å². The van der Waals surface area contributed by atoms with Crippen molar-refractivity contribution >= 4 is 0 Å². The van der Waals surface area contributed by atoms with Crippen molar-refractivity contribution in [3.8, 4) is 0 Å². The van der Waals surface area contributed by atoms with E-state index in [9.17, 15) is 29.9 Å². The topological polar surface area (TPSA) is 138 Å². The van der Waals surface area contributed by atoms with E-state index in [1.54, 1.807) is 13.8 Å². The van der Waals surface area contributed by atoms with Gasteiger partial charge >= 0.3 is 0 Å². The molecule has 0 aromatic carbocycles. The molecule has 0 bridgehead atoms. The zero-order valence-corrected chi connectivity index (χ0v) is 29.7. The van der Waals surface area contributed by atoms with Crippen LogP contribution >= 0.6 is 0 Å². The summed E-state index contributed by atoms with van der Waals surface area (Å²) in [4.78, 5) is 0. The first-order chi connectivity index (χ1) is 21.8. The third kappa shape index (κ3) is 4.64. The molecule has 2 heterocycles. The van der Waals surface area contributed by atoms with Crippen LogP contribution in [0.4, 0.5) is 4.39 Å². The van der Waals surface area contributed by atoms with Gasteiger partial charge in [-0.25, -0.2) is 4.39 Å². The molecule has 0 aromatic heterocycles. The highest BCUT2D eigenvalue weighted by Gasteiger charge is 2.84. The van der Waals surface area contributed by atoms with Crippen LogP contribution in [0.5, 0.6) is 0 Å². The Kier molecular flexibility index (Phi) is 8.22. The van der Waals surface area contributed by atoms with Gasteiger partial charge in [-0.2, -0.15) is 0 Å². The standard InChI is InChI=1S/C37H61FO9/c1-18-15-21(30(33(5,6)43)45-19(2)38)46-28-25(18)34(7)13-14-37-17-36(37)12-11-24(47-31-27(41)26(40)20(39)16-44-31)32(3,4)22(36)9-10-23(37)35(34,8)29(28)42/h18-31,39-43H,9-17H2,1-8H3. The number of aliphatic hydroxyl groups is 5. The summed E-state index contributed by atoms with van der Waals surface area (Å²) in [5.74, 6) is 1.14. The van der Waals surface area contributed by atoms with Crippen molar-refractivity contribution in [1.82, 2.24) is 0 Å². The van der Waals surface area contributed by atoms with E-state index in [1.807, 2.05) is 0 Å². The minimum atomic E-state index is -1.54. The number of ether oxygens (including phenoxy) is 4. The first-order valence-corrected chi connectivity index (χ1v) is 18.4. The van der Waals surface area contributed by atoms with E-state index < -0.39 is 61.0 Å². The average Bonchev–Trinajstić information content (AvgIpc) is 3.61. The molecular formula is C37H61FO9. The maximum Gasteiger partial charge on any atom is 0.196 e. The number of aliphatic hydroxyl groups excluding tert-OH is 4. The molecule has 7 fully saturated rings. The first-order valence-electron chi connectivity index (χ1n) is 18.4. The second kappa shape index (κ2) is 11.0. The van der Waals surface area contributed by atoms with E-state index in [0.717, 1.165) is 44.9 Å². The van der Waals surface area contributed by atoms with Gasteiger partial charge in [0.15, 0.2) is 12.6 Å². The Balaban J connectivity index is 1.14. The van der Waals surface area contributed by atoms with Gasteiger partial charge in [-0.3, -0.25) is 0 Å². The van der Waals surface area contributed by atoms with Crippen molar-refractivity contribution in [3.05, 3.63) is 0 Å². The number of hydrogen-bond donors (Lipinski definition) is 5. The normalized spacial score (nSPS) is 56.3. The third-order valence-electron chi connectivity index (χ3n) is 15.9. The van der Waals surface area contributed by atoms with Crippen LogP contribution in [0.3, 0.4) is 0 Å². The first kappa shape index (κ1) is 35.0. The van der Waals surface area contributed by atoms with Gasteiger partial charge in [0.2, 0.25) is 0 Å². The van der Waals surface area contributed by atoms with Gasteiger partial charge in [0.05, 0.1) is 36.6 Å². The summed E-state index contributed by atoms with van der Waals surface area (Å²) >= 11 is 0. The molecule has 7 rings (SSSR count). The third-order valence-corrected chi connectivity index (χ3v) is 15.9. The van der Waals surface area contributed by atoms with Gasteiger partial charge < -0.3 is 44.5 Å². The Bertz CT molecular complexity index is 1210. The molecule has 47 heavy (non-hydrogen) atoms. The predicted molar refractivity (Wildman–Crippen MR) is 170 cm³/mol. The minimum Gasteiger partial charge on any atom is -0.390 e. The Labute approximate surface area is 279 Å². The Morgan fingerprint density at radius 2 is 1.57 bits per heavy atom. The molecule has 2 spiro atoms. The predicted octanol–water partition coefficient (Wildman–Crippen LogP) is 4.10. The summed E-state index contributed by atoms with van der Waals surface area (Å²) in [5, 5.41) is 54.3. The van der Waals surface area contributed by atoms with E-state index >= 15 is 0 Å². The monoisotopic (exact) mass is 668 g/mol. The number of alkyl halides is 1. The lowest BCUT2D eigenvalue weighted by Crippen LogP contribution is -2.61. The van der Waals surface area contributed by atoms with E-state index in [0.29, 0.717) is 18.3 Å². The minimum absolute atomic E-state index is 0.0701. The van der Waals surface area contributed by atoms with Crippen LogP contribution in [0.15, 0.2) is 0 Å². The van der Waals surface area contributed by atoms with Gasteiger partial charge in [-0.05, 0) is 117 Å². The zero-order chi connectivity index (χ0) is 34.3. The summed E-state index contributed by atoms with van der Waals surface area (Å²) in [7, 11) is 0. The lowest BCUT2D eigenvalue weighted by molar-refractivity contribution is -0.303. The molecule has 2 aliphatic heterocycles. The molecule has 10 heteroatoms. The second-order valence-corrected chi connectivity index (χ2v) is 18.7. The summed E-state index contributed by atoms with van der Waals surface area (Å²) in [5.41, 5.74) is -1.65. The van der Waals surface area contributed by atoms with Crippen LogP contribution < -0.4 is 0 Å². The van der Waals surface area contributed by atoms with Crippen molar-refractivity contribution in [3.63, 3.8) is 0 Å². The van der Waals surface area contributed by atoms with Crippen LogP contribution in [0.25, 0.3) is 0 Å². The van der Waals surface area contributed by atoms with Crippen LogP contribution in [0.1, 0.15) is 107 Å². The number of rotatable bonds is 6. The molecule has 5 saturated carbocycles. The van der Waals surface area contributed by atoms with Crippen LogP contribution in [0.2, 0.25) is 0 Å². The van der Waals surface area contributed by atoms with Crippen LogP contribution in [0, 0.1) is 50.7 Å². The highest BCUT2D eigenvalue weighted by molar-refractivity contribution is 5.33. The van der Waals surface area contributed by atoms with Crippen molar-refractivity contribution < 1.29 is 48.9 Å². The molecule has 0 aromatic rings. The molecule has 7 aliphatic rings. The number of fused-ring (bicyclic) bond motifs is 4. The summed E-state index contributed by atoms with van der Waals surface area (Å²) in [6.07, 6.45) is -0.950. The fourth-order valence-corrected chi connectivity index (χ4v) is 13.7. The molecular weight excluding hydrogens is 607 g/mol. The second-order valence-electron chi connectivity index (χ2n) is 18.7. The molecule has 5 N–H and O–H groups in total. The van der Waals surface area contributed by atoms with E-state index in [2.05, 4.69) is 34.6 Å². The highest BCUT2D eigenvalue weighted by atomic mass is 19.1. The largest absolute Gasteiger partial charge is 0.390 e.